The Morgan fingerprint density at radius 1 is 0.857 bits per heavy atom. The SMILES string of the molecule is Oc1ccc(-c2cc(Cl)c3c(Cl)c(O)c(Br)cc3c2)cc1. The summed E-state index contributed by atoms with van der Waals surface area (Å²) >= 11 is 15.7. The zero-order valence-electron chi connectivity index (χ0n) is 10.6. The van der Waals surface area contributed by atoms with Crippen molar-refractivity contribution in [1.29, 1.82) is 0 Å². The second-order valence-corrected chi connectivity index (χ2v) is 6.26. The summed E-state index contributed by atoms with van der Waals surface area (Å²) in [6.07, 6.45) is 0. The lowest BCUT2D eigenvalue weighted by atomic mass is 10.0. The van der Waals surface area contributed by atoms with Crippen molar-refractivity contribution < 1.29 is 10.2 Å². The molecule has 0 aliphatic carbocycles. The number of hydrogen-bond acceptors (Lipinski definition) is 2. The molecule has 0 aliphatic heterocycles. The largest absolute Gasteiger partial charge is 0.508 e. The molecule has 2 nitrogen and oxygen atoms in total. The number of phenolic OH excluding ortho intramolecular Hbond substituents is 2. The molecule has 5 heteroatoms. The average molecular weight is 384 g/mol. The summed E-state index contributed by atoms with van der Waals surface area (Å²) < 4.78 is 0.513. The highest BCUT2D eigenvalue weighted by atomic mass is 79.9. The number of benzene rings is 3. The molecule has 3 rings (SSSR count). The van der Waals surface area contributed by atoms with Gasteiger partial charge in [0.05, 0.1) is 14.5 Å². The molecule has 0 aromatic heterocycles. The molecule has 3 aromatic rings. The van der Waals surface area contributed by atoms with Crippen LogP contribution in [0.15, 0.2) is 46.9 Å². The fraction of sp³-hybridized carbons (Fsp3) is 0. The summed E-state index contributed by atoms with van der Waals surface area (Å²) in [4.78, 5) is 0. The number of halogens is 3. The van der Waals surface area contributed by atoms with E-state index in [4.69, 9.17) is 23.2 Å². The van der Waals surface area contributed by atoms with Crippen molar-refractivity contribution in [3.8, 4) is 22.6 Å². The van der Waals surface area contributed by atoms with Gasteiger partial charge >= 0.3 is 0 Å². The van der Waals surface area contributed by atoms with Gasteiger partial charge in [-0.2, -0.15) is 0 Å². The number of phenols is 2. The predicted octanol–water partition coefficient (Wildman–Crippen LogP) is 5.99. The maximum atomic E-state index is 9.88. The van der Waals surface area contributed by atoms with Crippen LogP contribution in [-0.2, 0) is 0 Å². The van der Waals surface area contributed by atoms with Gasteiger partial charge in [0.15, 0.2) is 0 Å². The highest BCUT2D eigenvalue weighted by Crippen LogP contribution is 2.43. The van der Waals surface area contributed by atoms with Crippen molar-refractivity contribution in [2.45, 2.75) is 0 Å². The summed E-state index contributed by atoms with van der Waals surface area (Å²) in [6, 6.07) is 12.3. The molecule has 0 spiro atoms. The highest BCUT2D eigenvalue weighted by molar-refractivity contribution is 9.10. The summed E-state index contributed by atoms with van der Waals surface area (Å²) in [5.41, 5.74) is 1.83. The maximum Gasteiger partial charge on any atom is 0.149 e. The van der Waals surface area contributed by atoms with Crippen molar-refractivity contribution in [3.05, 3.63) is 57.0 Å². The van der Waals surface area contributed by atoms with E-state index in [1.807, 2.05) is 18.2 Å². The van der Waals surface area contributed by atoms with Crippen molar-refractivity contribution in [1.82, 2.24) is 0 Å². The van der Waals surface area contributed by atoms with Crippen molar-refractivity contribution in [2.75, 3.05) is 0 Å². The minimum Gasteiger partial charge on any atom is -0.508 e. The molecular formula is C16H9BrCl2O2. The van der Waals surface area contributed by atoms with Crippen LogP contribution < -0.4 is 0 Å². The third-order valence-electron chi connectivity index (χ3n) is 3.26. The smallest absolute Gasteiger partial charge is 0.149 e. The van der Waals surface area contributed by atoms with Crippen LogP contribution in [0.4, 0.5) is 0 Å². The molecule has 0 radical (unpaired) electrons. The molecule has 21 heavy (non-hydrogen) atoms. The molecule has 2 N–H and O–H groups in total. The van der Waals surface area contributed by atoms with Crippen LogP contribution in [0.1, 0.15) is 0 Å². The van der Waals surface area contributed by atoms with E-state index < -0.39 is 0 Å². The van der Waals surface area contributed by atoms with E-state index in [2.05, 4.69) is 15.9 Å². The third kappa shape index (κ3) is 2.57. The molecule has 0 atom stereocenters. The van der Waals surface area contributed by atoms with E-state index in [0.717, 1.165) is 16.5 Å². The molecule has 0 fully saturated rings. The molecular weight excluding hydrogens is 375 g/mol. The zero-order chi connectivity index (χ0) is 15.1. The van der Waals surface area contributed by atoms with Crippen LogP contribution in [0.5, 0.6) is 11.5 Å². The first-order valence-corrected chi connectivity index (χ1v) is 7.62. The summed E-state index contributed by atoms with van der Waals surface area (Å²) in [5, 5.41) is 21.4. The van der Waals surface area contributed by atoms with Crippen LogP contribution in [-0.4, -0.2) is 10.2 Å². The normalized spacial score (nSPS) is 11.0. The molecule has 0 unspecified atom stereocenters. The summed E-state index contributed by atoms with van der Waals surface area (Å²) in [5.74, 6) is 0.185. The standard InChI is InChI=1S/C16H9BrCl2O2/c17-12-6-10-5-9(8-1-3-11(20)4-2-8)7-13(18)14(10)15(19)16(12)21/h1-7,20-21H. The Morgan fingerprint density at radius 2 is 1.52 bits per heavy atom. The summed E-state index contributed by atoms with van der Waals surface area (Å²) in [6.45, 7) is 0. The molecule has 0 saturated heterocycles. The molecule has 0 amide bonds. The second-order valence-electron chi connectivity index (χ2n) is 4.62. The number of aromatic hydroxyl groups is 2. The van der Waals surface area contributed by atoms with Gasteiger partial charge in [0.2, 0.25) is 0 Å². The minimum absolute atomic E-state index is 0.0246. The van der Waals surface area contributed by atoms with E-state index in [0.29, 0.717) is 14.9 Å². The maximum absolute atomic E-state index is 9.88. The predicted molar refractivity (Wildman–Crippen MR) is 90.4 cm³/mol. The van der Waals surface area contributed by atoms with Gasteiger partial charge in [0, 0.05) is 5.39 Å². The first-order chi connectivity index (χ1) is 9.97. The number of hydrogen-bond donors (Lipinski definition) is 2. The fourth-order valence-corrected chi connectivity index (χ4v) is 3.46. The fourth-order valence-electron chi connectivity index (χ4n) is 2.22. The highest BCUT2D eigenvalue weighted by Gasteiger charge is 2.14. The Bertz CT molecular complexity index is 845. The van der Waals surface area contributed by atoms with Crippen LogP contribution in [0, 0.1) is 0 Å². The van der Waals surface area contributed by atoms with E-state index in [-0.39, 0.29) is 16.5 Å². The van der Waals surface area contributed by atoms with E-state index in [1.165, 1.54) is 0 Å². The van der Waals surface area contributed by atoms with Gasteiger partial charge in [-0.25, -0.2) is 0 Å². The van der Waals surface area contributed by atoms with Gasteiger partial charge in [-0.1, -0.05) is 35.3 Å². The first-order valence-electron chi connectivity index (χ1n) is 6.07. The van der Waals surface area contributed by atoms with Crippen LogP contribution in [0.25, 0.3) is 21.9 Å². The Labute approximate surface area is 139 Å². The van der Waals surface area contributed by atoms with Gasteiger partial charge in [0.1, 0.15) is 11.5 Å². The number of fused-ring (bicyclic) bond motifs is 1. The van der Waals surface area contributed by atoms with Crippen molar-refractivity contribution in [2.24, 2.45) is 0 Å². The Balaban J connectivity index is 2.28. The lowest BCUT2D eigenvalue weighted by Gasteiger charge is -2.10. The topological polar surface area (TPSA) is 40.5 Å². The average Bonchev–Trinajstić information content (AvgIpc) is 2.45. The van der Waals surface area contributed by atoms with Gasteiger partial charge < -0.3 is 10.2 Å². The molecule has 0 aliphatic rings. The zero-order valence-corrected chi connectivity index (χ0v) is 13.7. The lowest BCUT2D eigenvalue weighted by molar-refractivity contribution is 0.473. The molecule has 3 aromatic carbocycles. The third-order valence-corrected chi connectivity index (χ3v) is 4.53. The second kappa shape index (κ2) is 5.41. The van der Waals surface area contributed by atoms with Gasteiger partial charge in [-0.15, -0.1) is 0 Å². The first kappa shape index (κ1) is 14.5. The Kier molecular flexibility index (Phi) is 3.74. The van der Waals surface area contributed by atoms with E-state index >= 15 is 0 Å². The van der Waals surface area contributed by atoms with Gasteiger partial charge in [-0.05, 0) is 62.8 Å². The van der Waals surface area contributed by atoms with Crippen molar-refractivity contribution >= 4 is 49.9 Å². The van der Waals surface area contributed by atoms with Gasteiger partial charge in [-0.3, -0.25) is 0 Å². The number of rotatable bonds is 1. The van der Waals surface area contributed by atoms with E-state index in [1.54, 1.807) is 24.3 Å². The molecule has 106 valence electrons. The van der Waals surface area contributed by atoms with Crippen LogP contribution in [0.3, 0.4) is 0 Å². The Hall–Kier alpha value is -1.42. The quantitative estimate of drug-likeness (QED) is 0.542. The lowest BCUT2D eigenvalue weighted by Crippen LogP contribution is -1.84. The molecule has 0 saturated carbocycles. The van der Waals surface area contributed by atoms with Crippen LogP contribution >= 0.6 is 39.1 Å². The van der Waals surface area contributed by atoms with Crippen LogP contribution in [0.2, 0.25) is 10.0 Å². The van der Waals surface area contributed by atoms with Crippen molar-refractivity contribution in [3.63, 3.8) is 0 Å². The van der Waals surface area contributed by atoms with Gasteiger partial charge in [0.25, 0.3) is 0 Å². The Morgan fingerprint density at radius 3 is 2.19 bits per heavy atom. The monoisotopic (exact) mass is 382 g/mol. The molecule has 0 heterocycles. The molecule has 0 bridgehead atoms. The van der Waals surface area contributed by atoms with E-state index in [9.17, 15) is 10.2 Å². The minimum atomic E-state index is -0.0246. The summed E-state index contributed by atoms with van der Waals surface area (Å²) in [7, 11) is 0.